The molecule has 1 aliphatic rings. The van der Waals surface area contributed by atoms with E-state index in [0.29, 0.717) is 6.42 Å². The Bertz CT molecular complexity index is 1180. The molecule has 0 N–H and O–H groups in total. The van der Waals surface area contributed by atoms with Gasteiger partial charge in [-0.15, -0.1) is 0 Å². The summed E-state index contributed by atoms with van der Waals surface area (Å²) >= 11 is 0. The van der Waals surface area contributed by atoms with Gasteiger partial charge in [0.2, 0.25) is 0 Å². The summed E-state index contributed by atoms with van der Waals surface area (Å²) in [6, 6.07) is 6.14. The van der Waals surface area contributed by atoms with Crippen LogP contribution in [0, 0.1) is 11.7 Å². The Morgan fingerprint density at radius 3 is 2.64 bits per heavy atom. The van der Waals surface area contributed by atoms with Crippen LogP contribution in [0.25, 0.3) is 11.2 Å². The molecule has 146 valence electrons. The van der Waals surface area contributed by atoms with Crippen molar-refractivity contribution in [2.75, 3.05) is 6.61 Å². The van der Waals surface area contributed by atoms with E-state index in [4.69, 9.17) is 4.74 Å². The van der Waals surface area contributed by atoms with E-state index in [1.54, 1.807) is 23.7 Å². The second-order valence-corrected chi connectivity index (χ2v) is 6.98. The third-order valence-corrected chi connectivity index (χ3v) is 5.19. The van der Waals surface area contributed by atoms with Gasteiger partial charge in [0, 0.05) is 14.1 Å². The summed E-state index contributed by atoms with van der Waals surface area (Å²) in [7, 11) is 2.95. The van der Waals surface area contributed by atoms with Gasteiger partial charge < -0.3 is 9.30 Å². The van der Waals surface area contributed by atoms with Gasteiger partial charge in [-0.2, -0.15) is 0 Å². The van der Waals surface area contributed by atoms with E-state index in [1.165, 1.54) is 30.1 Å². The maximum Gasteiger partial charge on any atom is 0.332 e. The number of carbonyl (C=O) groups is 1. The SMILES string of the molecule is Cn1c(=O)c2c(ncn2CCOC(=O)C2CC2c2ccc(F)cc2)n(C)c1=O. The molecule has 9 heteroatoms. The summed E-state index contributed by atoms with van der Waals surface area (Å²) in [5.41, 5.74) is 0.609. The second-order valence-electron chi connectivity index (χ2n) is 6.98. The number of hydrogen-bond donors (Lipinski definition) is 0. The molecule has 2 aromatic heterocycles. The minimum Gasteiger partial charge on any atom is -0.464 e. The molecule has 4 rings (SSSR count). The molecule has 0 radical (unpaired) electrons. The minimum absolute atomic E-state index is 0.0593. The summed E-state index contributed by atoms with van der Waals surface area (Å²) in [5, 5.41) is 0. The fourth-order valence-corrected chi connectivity index (χ4v) is 3.45. The lowest BCUT2D eigenvalue weighted by molar-refractivity contribution is -0.145. The van der Waals surface area contributed by atoms with Crippen molar-refractivity contribution in [3.63, 3.8) is 0 Å². The quantitative estimate of drug-likeness (QED) is 0.609. The van der Waals surface area contributed by atoms with Crippen LogP contribution in [0.15, 0.2) is 40.2 Å². The van der Waals surface area contributed by atoms with E-state index in [0.717, 1.165) is 10.1 Å². The lowest BCUT2D eigenvalue weighted by Crippen LogP contribution is -2.37. The van der Waals surface area contributed by atoms with Gasteiger partial charge in [-0.25, -0.2) is 14.2 Å². The number of fused-ring (bicyclic) bond motifs is 1. The average Bonchev–Trinajstić information content (AvgIpc) is 3.38. The second kappa shape index (κ2) is 6.74. The number of carbonyl (C=O) groups excluding carboxylic acids is 1. The summed E-state index contributed by atoms with van der Waals surface area (Å²) in [4.78, 5) is 40.7. The Hall–Kier alpha value is -3.23. The van der Waals surface area contributed by atoms with Crippen LogP contribution in [0.3, 0.4) is 0 Å². The molecule has 0 spiro atoms. The molecule has 1 fully saturated rings. The van der Waals surface area contributed by atoms with Crippen molar-refractivity contribution in [1.29, 1.82) is 0 Å². The largest absolute Gasteiger partial charge is 0.464 e. The number of aryl methyl sites for hydroxylation is 1. The van der Waals surface area contributed by atoms with E-state index in [1.807, 2.05) is 0 Å². The van der Waals surface area contributed by atoms with Gasteiger partial charge in [-0.1, -0.05) is 12.1 Å². The predicted octanol–water partition coefficient (Wildman–Crippen LogP) is 0.920. The summed E-state index contributed by atoms with van der Waals surface area (Å²) in [6.07, 6.45) is 2.14. The van der Waals surface area contributed by atoms with Crippen LogP contribution in [0.1, 0.15) is 17.9 Å². The summed E-state index contributed by atoms with van der Waals surface area (Å²) in [5.74, 6) is -0.776. The summed E-state index contributed by atoms with van der Waals surface area (Å²) in [6.45, 7) is 0.340. The molecule has 0 aliphatic heterocycles. The number of imidazole rings is 1. The number of nitrogens with zero attached hydrogens (tertiary/aromatic N) is 4. The Balaban J connectivity index is 1.41. The number of halogens is 1. The minimum atomic E-state index is -0.449. The number of esters is 1. The molecule has 0 saturated heterocycles. The Labute approximate surface area is 158 Å². The van der Waals surface area contributed by atoms with Crippen LogP contribution in [0.2, 0.25) is 0 Å². The van der Waals surface area contributed by atoms with Gasteiger partial charge in [-0.3, -0.25) is 18.7 Å². The number of rotatable bonds is 5. The van der Waals surface area contributed by atoms with Crippen molar-refractivity contribution < 1.29 is 13.9 Å². The molecule has 1 saturated carbocycles. The lowest BCUT2D eigenvalue weighted by Gasteiger charge is -2.08. The summed E-state index contributed by atoms with van der Waals surface area (Å²) < 4.78 is 22.2. The first-order chi connectivity index (χ1) is 13.4. The molecular formula is C19H19FN4O4. The molecule has 2 heterocycles. The molecule has 0 bridgehead atoms. The highest BCUT2D eigenvalue weighted by Crippen LogP contribution is 2.48. The van der Waals surface area contributed by atoms with Crippen LogP contribution in [0.4, 0.5) is 4.39 Å². The average molecular weight is 386 g/mol. The first kappa shape index (κ1) is 18.1. The van der Waals surface area contributed by atoms with Gasteiger partial charge in [0.1, 0.15) is 12.4 Å². The maximum atomic E-state index is 13.0. The highest BCUT2D eigenvalue weighted by atomic mass is 19.1. The van der Waals surface area contributed by atoms with Crippen LogP contribution < -0.4 is 11.2 Å². The zero-order valence-corrected chi connectivity index (χ0v) is 15.5. The fraction of sp³-hybridized carbons (Fsp3) is 0.368. The molecule has 28 heavy (non-hydrogen) atoms. The molecule has 1 aliphatic carbocycles. The molecule has 3 aromatic rings. The van der Waals surface area contributed by atoms with E-state index < -0.39 is 11.2 Å². The number of ether oxygens (including phenoxy) is 1. The molecule has 2 unspecified atom stereocenters. The highest BCUT2D eigenvalue weighted by Gasteiger charge is 2.45. The maximum absolute atomic E-state index is 13.0. The normalized spacial score (nSPS) is 18.4. The van der Waals surface area contributed by atoms with Crippen LogP contribution in [0.5, 0.6) is 0 Å². The molecular weight excluding hydrogens is 367 g/mol. The standard InChI is InChI=1S/C19H19FN4O4/c1-22-16-15(17(25)23(2)19(22)27)24(10-21-16)7-8-28-18(26)14-9-13(14)11-3-5-12(20)6-4-11/h3-6,10,13-14H,7-9H2,1-2H3. The number of aromatic nitrogens is 4. The van der Waals surface area contributed by atoms with E-state index >= 15 is 0 Å². The van der Waals surface area contributed by atoms with Crippen molar-refractivity contribution >= 4 is 17.1 Å². The van der Waals surface area contributed by atoms with E-state index in [2.05, 4.69) is 4.98 Å². The van der Waals surface area contributed by atoms with Gasteiger partial charge in [0.25, 0.3) is 5.56 Å². The molecule has 2 atom stereocenters. The first-order valence-electron chi connectivity index (χ1n) is 8.91. The zero-order chi connectivity index (χ0) is 20.0. The Morgan fingerprint density at radius 1 is 1.21 bits per heavy atom. The fourth-order valence-electron chi connectivity index (χ4n) is 3.45. The topological polar surface area (TPSA) is 88.1 Å². The number of hydrogen-bond acceptors (Lipinski definition) is 5. The number of benzene rings is 1. The Kier molecular flexibility index (Phi) is 4.37. The molecule has 1 aromatic carbocycles. The highest BCUT2D eigenvalue weighted by molar-refractivity contribution is 5.77. The smallest absolute Gasteiger partial charge is 0.332 e. The van der Waals surface area contributed by atoms with Gasteiger partial charge >= 0.3 is 11.7 Å². The monoisotopic (exact) mass is 386 g/mol. The third kappa shape index (κ3) is 3.02. The predicted molar refractivity (Wildman–Crippen MR) is 98.4 cm³/mol. The molecule has 8 nitrogen and oxygen atoms in total. The van der Waals surface area contributed by atoms with E-state index in [-0.39, 0.29) is 47.9 Å². The Morgan fingerprint density at radius 2 is 1.93 bits per heavy atom. The molecule has 0 amide bonds. The van der Waals surface area contributed by atoms with Crippen molar-refractivity contribution in [3.05, 3.63) is 62.8 Å². The zero-order valence-electron chi connectivity index (χ0n) is 15.5. The van der Waals surface area contributed by atoms with Crippen molar-refractivity contribution in [2.24, 2.45) is 20.0 Å². The van der Waals surface area contributed by atoms with Gasteiger partial charge in [-0.05, 0) is 30.0 Å². The van der Waals surface area contributed by atoms with E-state index in [9.17, 15) is 18.8 Å². The first-order valence-corrected chi connectivity index (χ1v) is 8.91. The van der Waals surface area contributed by atoms with Gasteiger partial charge in [0.15, 0.2) is 11.2 Å². The van der Waals surface area contributed by atoms with Crippen LogP contribution >= 0.6 is 0 Å². The van der Waals surface area contributed by atoms with Gasteiger partial charge in [0.05, 0.1) is 18.8 Å². The third-order valence-electron chi connectivity index (χ3n) is 5.19. The van der Waals surface area contributed by atoms with Crippen LogP contribution in [-0.2, 0) is 30.2 Å². The van der Waals surface area contributed by atoms with Crippen molar-refractivity contribution in [2.45, 2.75) is 18.9 Å². The van der Waals surface area contributed by atoms with Crippen molar-refractivity contribution in [3.8, 4) is 0 Å². The lowest BCUT2D eigenvalue weighted by atomic mass is 10.1. The van der Waals surface area contributed by atoms with Crippen LogP contribution in [-0.4, -0.2) is 31.3 Å². The van der Waals surface area contributed by atoms with Crippen molar-refractivity contribution in [1.82, 2.24) is 18.7 Å².